The first-order valence-electron chi connectivity index (χ1n) is 19.2. The van der Waals surface area contributed by atoms with E-state index in [9.17, 15) is 0 Å². The third-order valence-corrected chi connectivity index (χ3v) is 12.7. The lowest BCUT2D eigenvalue weighted by molar-refractivity contribution is -0.00100. The van der Waals surface area contributed by atoms with E-state index in [0.29, 0.717) is 0 Å². The molecule has 0 saturated heterocycles. The van der Waals surface area contributed by atoms with Gasteiger partial charge in [0, 0.05) is 22.3 Å². The van der Waals surface area contributed by atoms with E-state index in [-0.39, 0.29) is 42.0 Å². The zero-order valence-corrected chi connectivity index (χ0v) is 37.8. The summed E-state index contributed by atoms with van der Waals surface area (Å²) in [5.41, 5.74) is 9.22. The maximum Gasteiger partial charge on any atom is 0.126 e. The Morgan fingerprint density at radius 2 is 0.467 bits per heavy atom. The first kappa shape index (κ1) is 45.5. The van der Waals surface area contributed by atoms with E-state index in [2.05, 4.69) is 170 Å². The van der Waals surface area contributed by atoms with Gasteiger partial charge in [-0.15, -0.1) is 0 Å². The Morgan fingerprint density at radius 1 is 0.267 bits per heavy atom. The van der Waals surface area contributed by atoms with Crippen molar-refractivity contribution in [3.05, 3.63) is 194 Å². The Hall–Kier alpha value is -5.60. The molecule has 8 aromatic rings. The summed E-state index contributed by atoms with van der Waals surface area (Å²) >= 11 is 0. The Bertz CT molecular complexity index is 2200. The van der Waals surface area contributed by atoms with Crippen LogP contribution < -0.4 is 65.0 Å². The predicted molar refractivity (Wildman–Crippen MR) is 252 cm³/mol. The van der Waals surface area contributed by atoms with E-state index in [1.54, 1.807) is 28.4 Å². The van der Waals surface area contributed by atoms with Crippen molar-refractivity contribution in [1.82, 2.24) is 0 Å². The van der Waals surface area contributed by atoms with Crippen LogP contribution in [-0.4, -0.2) is 28.4 Å². The molecule has 8 rings (SSSR count). The molecule has 0 fully saturated rings. The van der Waals surface area contributed by atoms with Gasteiger partial charge in [0.2, 0.25) is 0 Å². The van der Waals surface area contributed by atoms with Crippen molar-refractivity contribution in [2.45, 2.75) is 0 Å². The van der Waals surface area contributed by atoms with Gasteiger partial charge >= 0.3 is 0 Å². The van der Waals surface area contributed by atoms with Crippen molar-refractivity contribution >= 4 is 38.4 Å². The van der Waals surface area contributed by atoms with Crippen LogP contribution in [0.3, 0.4) is 0 Å². The van der Waals surface area contributed by atoms with E-state index in [4.69, 9.17) is 18.9 Å². The van der Waals surface area contributed by atoms with Crippen molar-refractivity contribution in [1.29, 1.82) is 0 Å². The molecule has 0 unspecified atom stereocenters. The Kier molecular flexibility index (Phi) is 17.2. The fraction of sp³-hybridized carbons (Fsp3) is 0.0769. The molecule has 0 bridgehead atoms. The summed E-state index contributed by atoms with van der Waals surface area (Å²) in [5, 5.41) is 5.31. The maximum absolute atomic E-state index is 5.60. The highest BCUT2D eigenvalue weighted by Gasteiger charge is 2.16. The predicted octanol–water partition coefficient (Wildman–Crippen LogP) is 4.81. The number of methoxy groups -OCH3 is 4. The molecule has 0 aliphatic heterocycles. The van der Waals surface area contributed by atoms with Crippen molar-refractivity contribution in [2.24, 2.45) is 0 Å². The normalized spacial score (nSPS) is 10.2. The summed E-state index contributed by atoms with van der Waals surface area (Å²) in [7, 11) is 6.80. The molecule has 60 heavy (non-hydrogen) atoms. The highest BCUT2D eigenvalue weighted by Crippen LogP contribution is 2.35. The van der Waals surface area contributed by atoms with Gasteiger partial charge in [-0.2, -0.15) is 0 Å². The van der Waals surface area contributed by atoms with Crippen LogP contribution in [0.2, 0.25) is 0 Å². The second-order valence-corrected chi connectivity index (χ2v) is 16.8. The fourth-order valence-corrected chi connectivity index (χ4v) is 9.56. The van der Waals surface area contributed by atoms with Gasteiger partial charge in [0.25, 0.3) is 0 Å². The monoisotopic (exact) mass is 868 g/mol. The number of hydrogen-bond donors (Lipinski definition) is 0. The summed E-state index contributed by atoms with van der Waals surface area (Å²) in [6.45, 7) is 0. The number of benzene rings is 8. The van der Waals surface area contributed by atoms with Crippen LogP contribution in [0, 0.1) is 0 Å². The molecule has 0 aliphatic carbocycles. The molecule has 0 aliphatic rings. The lowest BCUT2D eigenvalue weighted by Gasteiger charge is -2.11. The molecular formula is C52H48Cl2O4P2. The van der Waals surface area contributed by atoms with E-state index in [1.165, 1.54) is 43.5 Å². The van der Waals surface area contributed by atoms with Gasteiger partial charge in [-0.1, -0.05) is 121 Å². The first-order valence-corrected chi connectivity index (χ1v) is 21.5. The van der Waals surface area contributed by atoms with E-state index in [1.807, 2.05) is 24.3 Å². The van der Waals surface area contributed by atoms with Crippen LogP contribution in [0.5, 0.6) is 23.0 Å². The van der Waals surface area contributed by atoms with Gasteiger partial charge in [-0.05, 0) is 95.1 Å². The third-order valence-electron chi connectivity index (χ3n) is 9.90. The second kappa shape index (κ2) is 22.7. The van der Waals surface area contributed by atoms with Gasteiger partial charge < -0.3 is 43.8 Å². The first-order chi connectivity index (χ1) is 28.6. The lowest BCUT2D eigenvalue weighted by atomic mass is 10.0. The topological polar surface area (TPSA) is 36.9 Å². The molecule has 0 amide bonds. The minimum atomic E-state index is -0.0507. The summed E-state index contributed by atoms with van der Waals surface area (Å²) in [4.78, 5) is 0. The quantitative estimate of drug-likeness (QED) is 0.166. The lowest BCUT2D eigenvalue weighted by Crippen LogP contribution is -3.00. The summed E-state index contributed by atoms with van der Waals surface area (Å²) in [5.74, 6) is 3.61. The van der Waals surface area contributed by atoms with E-state index >= 15 is 0 Å². The molecule has 4 nitrogen and oxygen atoms in total. The molecule has 0 radical (unpaired) electrons. The molecule has 8 heteroatoms. The van der Waals surface area contributed by atoms with Gasteiger partial charge in [0.1, 0.15) is 23.0 Å². The zero-order valence-electron chi connectivity index (χ0n) is 34.0. The molecule has 0 atom stereocenters. The van der Waals surface area contributed by atoms with E-state index < -0.39 is 0 Å². The van der Waals surface area contributed by atoms with Crippen molar-refractivity contribution in [3.63, 3.8) is 0 Å². The van der Waals surface area contributed by atoms with Gasteiger partial charge in [-0.3, -0.25) is 0 Å². The molecule has 8 aromatic carbocycles. The van der Waals surface area contributed by atoms with E-state index in [0.717, 1.165) is 45.3 Å². The van der Waals surface area contributed by atoms with Crippen LogP contribution in [0.15, 0.2) is 194 Å². The molecular weight excluding hydrogens is 821 g/mol. The second-order valence-electron chi connectivity index (χ2n) is 13.6. The van der Waals surface area contributed by atoms with Gasteiger partial charge in [-0.25, -0.2) is 0 Å². The summed E-state index contributed by atoms with van der Waals surface area (Å²) in [6, 6.07) is 67.6. The molecule has 0 N–H and O–H groups in total. The minimum Gasteiger partial charge on any atom is -1.00 e. The molecule has 0 aromatic heterocycles. The fourth-order valence-electron chi connectivity index (χ4n) is 7.02. The van der Waals surface area contributed by atoms with Crippen LogP contribution in [-0.2, 0) is 0 Å². The Labute approximate surface area is 370 Å². The smallest absolute Gasteiger partial charge is 0.126 e. The van der Waals surface area contributed by atoms with Crippen molar-refractivity contribution < 1.29 is 43.8 Å². The molecule has 304 valence electrons. The standard InChI is InChI=1S/2C26H23O2P.2ClH/c2*1-27-25-15-13-21(17-23(25)19-9-5-3-6-10-19)29-22-14-16-26(28-2)24(18-22)20-11-7-4-8-12-20;;/h2*3-18,29H,1-2H3;2*1H. The zero-order chi connectivity index (χ0) is 40.1. The SMILES string of the molecule is COc1ccc([PH2+]c2ccc(OC)c(-c3ccccc3)c2)cc1-c1ccccc1.COc1ccc([PH2+]c2ccc(OC)c(-c3ccccc3)c2)cc1-c1ccccc1.[Cl-].[Cl-]. The minimum absolute atomic E-state index is 0. The van der Waals surface area contributed by atoms with Crippen LogP contribution in [0.25, 0.3) is 44.5 Å². The van der Waals surface area contributed by atoms with Crippen LogP contribution in [0.1, 0.15) is 0 Å². The Morgan fingerprint density at radius 3 is 0.650 bits per heavy atom. The number of hydrogen-bond acceptors (Lipinski definition) is 4. The average molecular weight is 870 g/mol. The Balaban J connectivity index is 0.000000220. The largest absolute Gasteiger partial charge is 1.00 e. The van der Waals surface area contributed by atoms with Crippen molar-refractivity contribution in [2.75, 3.05) is 28.4 Å². The van der Waals surface area contributed by atoms with Crippen LogP contribution in [0.4, 0.5) is 0 Å². The van der Waals surface area contributed by atoms with Gasteiger partial charge in [0.05, 0.1) is 66.8 Å². The maximum atomic E-state index is 5.60. The number of halogens is 2. The highest BCUT2D eigenvalue weighted by molar-refractivity contribution is 7.55. The average Bonchev–Trinajstić information content (AvgIpc) is 3.30. The summed E-state index contributed by atoms with van der Waals surface area (Å²) < 4.78 is 22.4. The van der Waals surface area contributed by atoms with Crippen LogP contribution >= 0.6 is 17.2 Å². The third kappa shape index (κ3) is 11.4. The number of rotatable bonds is 12. The molecule has 0 spiro atoms. The van der Waals surface area contributed by atoms with Gasteiger partial charge in [0.15, 0.2) is 0 Å². The molecule has 0 saturated carbocycles. The molecule has 0 heterocycles. The highest BCUT2D eigenvalue weighted by atomic mass is 35.5. The summed E-state index contributed by atoms with van der Waals surface area (Å²) in [6.07, 6.45) is 0. The number of ether oxygens (including phenoxy) is 4. The van der Waals surface area contributed by atoms with Crippen molar-refractivity contribution in [3.8, 4) is 67.5 Å².